The maximum absolute atomic E-state index is 12.0. The minimum absolute atomic E-state index is 0.170. The summed E-state index contributed by atoms with van der Waals surface area (Å²) in [5, 5.41) is 8.76. The van der Waals surface area contributed by atoms with Gasteiger partial charge < -0.3 is 14.4 Å². The lowest BCUT2D eigenvalue weighted by molar-refractivity contribution is -0.280. The van der Waals surface area contributed by atoms with Crippen LogP contribution < -0.4 is 4.90 Å². The molecule has 2 fully saturated rings. The summed E-state index contributed by atoms with van der Waals surface area (Å²) in [5.74, 6) is -1.77. The smallest absolute Gasteiger partial charge is 0.335 e. The highest BCUT2D eigenvalue weighted by atomic mass is 16.8. The van der Waals surface area contributed by atoms with Crippen LogP contribution in [-0.4, -0.2) is 59.6 Å². The average molecular weight is 392 g/mol. The molecule has 0 aliphatic carbocycles. The van der Waals surface area contributed by atoms with Crippen molar-refractivity contribution < 1.29 is 19.1 Å². The molecule has 1 aromatic carbocycles. The van der Waals surface area contributed by atoms with Crippen molar-refractivity contribution in [3.63, 3.8) is 0 Å². The van der Waals surface area contributed by atoms with Crippen LogP contribution in [0.15, 0.2) is 54.6 Å². The van der Waals surface area contributed by atoms with Gasteiger partial charge in [0.05, 0.1) is 11.6 Å². The molecule has 0 radical (unpaired) electrons. The molecule has 5 rings (SSSR count). The lowest BCUT2D eigenvalue weighted by Crippen LogP contribution is -2.53. The highest BCUT2D eigenvalue weighted by molar-refractivity contribution is 5.93. The summed E-state index contributed by atoms with van der Waals surface area (Å²) in [4.78, 5) is 28.0. The van der Waals surface area contributed by atoms with Crippen LogP contribution in [0.3, 0.4) is 0 Å². The standard InChI is InChI=1S/C21H20N4O4/c1-24-11-15-12-25(13-16(15)21(24)28-19(26)9-10-20(27)29-21)18-8-7-17(22-23-18)14-5-3-2-4-6-14/h2-10,15-16H,11-13H2,1H3. The summed E-state index contributed by atoms with van der Waals surface area (Å²) >= 11 is 0. The maximum Gasteiger partial charge on any atom is 0.335 e. The first-order valence-electron chi connectivity index (χ1n) is 9.54. The number of ether oxygens (including phenoxy) is 2. The van der Waals surface area contributed by atoms with E-state index in [0.29, 0.717) is 13.1 Å². The molecular weight excluding hydrogens is 372 g/mol. The first kappa shape index (κ1) is 17.8. The molecular formula is C21H20N4O4. The normalized spacial score (nSPS) is 25.6. The Balaban J connectivity index is 1.38. The van der Waals surface area contributed by atoms with Crippen molar-refractivity contribution in [2.45, 2.75) is 5.91 Å². The van der Waals surface area contributed by atoms with Crippen LogP contribution in [-0.2, 0) is 19.1 Å². The highest BCUT2D eigenvalue weighted by Gasteiger charge is 2.62. The van der Waals surface area contributed by atoms with Gasteiger partial charge in [0, 0.05) is 43.3 Å². The third-order valence-electron chi connectivity index (χ3n) is 5.84. The van der Waals surface area contributed by atoms with Crippen molar-refractivity contribution in [2.24, 2.45) is 11.8 Å². The van der Waals surface area contributed by atoms with Gasteiger partial charge in [0.2, 0.25) is 0 Å². The molecule has 2 unspecified atom stereocenters. The Kier molecular flexibility index (Phi) is 4.09. The van der Waals surface area contributed by atoms with Gasteiger partial charge in [0.15, 0.2) is 5.82 Å². The molecule has 8 heteroatoms. The number of hydrogen-bond acceptors (Lipinski definition) is 8. The van der Waals surface area contributed by atoms with Crippen molar-refractivity contribution in [3.05, 3.63) is 54.6 Å². The summed E-state index contributed by atoms with van der Waals surface area (Å²) in [5.41, 5.74) is 1.82. The molecule has 0 saturated carbocycles. The second kappa shape index (κ2) is 6.66. The second-order valence-corrected chi connectivity index (χ2v) is 7.60. The van der Waals surface area contributed by atoms with Gasteiger partial charge >= 0.3 is 17.8 Å². The molecule has 2 atom stereocenters. The quantitative estimate of drug-likeness (QED) is 0.710. The van der Waals surface area contributed by atoms with Crippen molar-refractivity contribution in [3.8, 4) is 11.3 Å². The van der Waals surface area contributed by atoms with E-state index in [1.54, 1.807) is 0 Å². The van der Waals surface area contributed by atoms with E-state index in [-0.39, 0.29) is 11.8 Å². The number of nitrogens with zero attached hydrogens (tertiary/aromatic N) is 4. The number of fused-ring (bicyclic) bond motifs is 2. The van der Waals surface area contributed by atoms with Crippen LogP contribution >= 0.6 is 0 Å². The molecule has 3 aliphatic rings. The van der Waals surface area contributed by atoms with E-state index < -0.39 is 17.8 Å². The molecule has 29 heavy (non-hydrogen) atoms. The number of anilines is 1. The fraction of sp³-hybridized carbons (Fsp3) is 0.333. The predicted octanol–water partition coefficient (Wildman–Crippen LogP) is 1.45. The Morgan fingerprint density at radius 1 is 0.931 bits per heavy atom. The van der Waals surface area contributed by atoms with Gasteiger partial charge in [-0.1, -0.05) is 30.3 Å². The molecule has 2 saturated heterocycles. The Hall–Kier alpha value is -3.26. The third-order valence-corrected chi connectivity index (χ3v) is 5.84. The molecule has 1 aromatic heterocycles. The van der Waals surface area contributed by atoms with Crippen LogP contribution in [0.1, 0.15) is 0 Å². The maximum atomic E-state index is 12.0. The molecule has 4 heterocycles. The first-order chi connectivity index (χ1) is 14.0. The van der Waals surface area contributed by atoms with E-state index in [1.807, 2.05) is 54.4 Å². The largest absolute Gasteiger partial charge is 0.405 e. The number of esters is 2. The van der Waals surface area contributed by atoms with Crippen LogP contribution in [0.5, 0.6) is 0 Å². The number of aromatic nitrogens is 2. The zero-order valence-corrected chi connectivity index (χ0v) is 15.9. The minimum Gasteiger partial charge on any atom is -0.405 e. The Morgan fingerprint density at radius 3 is 2.31 bits per heavy atom. The Bertz CT molecular complexity index is 956. The molecule has 0 amide bonds. The van der Waals surface area contributed by atoms with E-state index in [0.717, 1.165) is 35.8 Å². The van der Waals surface area contributed by atoms with E-state index in [9.17, 15) is 9.59 Å². The number of hydrogen-bond donors (Lipinski definition) is 0. The van der Waals surface area contributed by atoms with E-state index in [2.05, 4.69) is 15.1 Å². The van der Waals surface area contributed by atoms with Gasteiger partial charge in [0.1, 0.15) is 0 Å². The van der Waals surface area contributed by atoms with E-state index in [1.165, 1.54) is 0 Å². The number of benzene rings is 1. The second-order valence-electron chi connectivity index (χ2n) is 7.60. The molecule has 0 N–H and O–H groups in total. The third kappa shape index (κ3) is 2.96. The molecule has 2 aromatic rings. The van der Waals surface area contributed by atoms with Gasteiger partial charge in [-0.25, -0.2) is 14.5 Å². The van der Waals surface area contributed by atoms with Crippen molar-refractivity contribution in [1.29, 1.82) is 0 Å². The lowest BCUT2D eigenvalue weighted by Gasteiger charge is -2.37. The number of likely N-dealkylation sites (tertiary alicyclic amines) is 1. The fourth-order valence-electron chi connectivity index (χ4n) is 4.50. The molecule has 148 valence electrons. The summed E-state index contributed by atoms with van der Waals surface area (Å²) in [7, 11) is 1.81. The van der Waals surface area contributed by atoms with E-state index >= 15 is 0 Å². The summed E-state index contributed by atoms with van der Waals surface area (Å²) < 4.78 is 11.2. The SMILES string of the molecule is CN1CC2CN(c3ccc(-c4ccccc4)nn3)CC2C12OC(=O)C=CC(=O)O2. The summed E-state index contributed by atoms with van der Waals surface area (Å²) in [6.45, 7) is 1.92. The zero-order valence-electron chi connectivity index (χ0n) is 15.9. The number of carbonyl (C=O) groups is 2. The summed E-state index contributed by atoms with van der Waals surface area (Å²) in [6, 6.07) is 13.8. The molecule has 3 aliphatic heterocycles. The van der Waals surface area contributed by atoms with Crippen molar-refractivity contribution >= 4 is 17.8 Å². The molecule has 0 bridgehead atoms. The van der Waals surface area contributed by atoms with Crippen molar-refractivity contribution in [1.82, 2.24) is 15.1 Å². The van der Waals surface area contributed by atoms with E-state index in [4.69, 9.17) is 9.47 Å². The number of carbonyl (C=O) groups excluding carboxylic acids is 2. The zero-order chi connectivity index (χ0) is 20.0. The lowest BCUT2D eigenvalue weighted by atomic mass is 9.97. The first-order valence-corrected chi connectivity index (χ1v) is 9.54. The van der Waals surface area contributed by atoms with Crippen LogP contribution in [0, 0.1) is 11.8 Å². The van der Waals surface area contributed by atoms with Crippen LogP contribution in [0.25, 0.3) is 11.3 Å². The molecule has 8 nitrogen and oxygen atoms in total. The van der Waals surface area contributed by atoms with Crippen LogP contribution in [0.2, 0.25) is 0 Å². The van der Waals surface area contributed by atoms with Crippen molar-refractivity contribution in [2.75, 3.05) is 31.6 Å². The molecule has 1 spiro atoms. The number of rotatable bonds is 2. The van der Waals surface area contributed by atoms with Gasteiger partial charge in [-0.2, -0.15) is 0 Å². The Labute approximate surface area is 167 Å². The topological polar surface area (TPSA) is 84.9 Å². The van der Waals surface area contributed by atoms with Gasteiger partial charge in [0.25, 0.3) is 0 Å². The average Bonchev–Trinajstić information content (AvgIpc) is 3.20. The van der Waals surface area contributed by atoms with Gasteiger partial charge in [-0.3, -0.25) is 0 Å². The Morgan fingerprint density at radius 2 is 1.66 bits per heavy atom. The summed E-state index contributed by atoms with van der Waals surface area (Å²) in [6.07, 6.45) is 2.22. The van der Waals surface area contributed by atoms with Gasteiger partial charge in [-0.15, -0.1) is 10.2 Å². The van der Waals surface area contributed by atoms with Crippen LogP contribution in [0.4, 0.5) is 5.82 Å². The highest BCUT2D eigenvalue weighted by Crippen LogP contribution is 2.45. The fourth-order valence-corrected chi connectivity index (χ4v) is 4.50. The monoisotopic (exact) mass is 392 g/mol. The van der Waals surface area contributed by atoms with Gasteiger partial charge in [-0.05, 0) is 19.2 Å². The minimum atomic E-state index is -1.38. The predicted molar refractivity (Wildman–Crippen MR) is 103 cm³/mol.